The second kappa shape index (κ2) is 6.77. The summed E-state index contributed by atoms with van der Waals surface area (Å²) in [6.07, 6.45) is 0. The van der Waals surface area contributed by atoms with Crippen LogP contribution in [-0.2, 0) is 6.54 Å². The SMILES string of the molecule is COc1ccc(-c2nc(C#N)c3[nH]c(=O)n(Cc4ccccc4)c3n2)cc1. The molecular weight excluding hydrogens is 342 g/mol. The molecule has 0 amide bonds. The zero-order valence-electron chi connectivity index (χ0n) is 14.5. The fourth-order valence-corrected chi connectivity index (χ4v) is 2.89. The van der Waals surface area contributed by atoms with E-state index in [1.54, 1.807) is 19.2 Å². The summed E-state index contributed by atoms with van der Waals surface area (Å²) < 4.78 is 6.68. The maximum Gasteiger partial charge on any atom is 0.328 e. The fraction of sp³-hybridized carbons (Fsp3) is 0.100. The molecule has 7 nitrogen and oxygen atoms in total. The first kappa shape index (κ1) is 16.5. The Bertz CT molecular complexity index is 1200. The largest absolute Gasteiger partial charge is 0.497 e. The quantitative estimate of drug-likeness (QED) is 0.606. The van der Waals surface area contributed by atoms with Gasteiger partial charge in [0.05, 0.1) is 13.7 Å². The monoisotopic (exact) mass is 357 g/mol. The number of nitriles is 1. The van der Waals surface area contributed by atoms with Crippen molar-refractivity contribution in [1.29, 1.82) is 5.26 Å². The van der Waals surface area contributed by atoms with E-state index in [1.165, 1.54) is 4.57 Å². The third-order valence-electron chi connectivity index (χ3n) is 4.26. The van der Waals surface area contributed by atoms with Gasteiger partial charge in [-0.15, -0.1) is 0 Å². The number of rotatable bonds is 4. The number of aromatic amines is 1. The van der Waals surface area contributed by atoms with E-state index >= 15 is 0 Å². The van der Waals surface area contributed by atoms with E-state index < -0.39 is 0 Å². The van der Waals surface area contributed by atoms with Crippen LogP contribution in [0.2, 0.25) is 0 Å². The molecule has 4 aromatic rings. The van der Waals surface area contributed by atoms with Gasteiger partial charge in [-0.1, -0.05) is 30.3 Å². The highest BCUT2D eigenvalue weighted by molar-refractivity contribution is 5.78. The van der Waals surface area contributed by atoms with Gasteiger partial charge in [0.15, 0.2) is 17.2 Å². The van der Waals surface area contributed by atoms with Crippen molar-refractivity contribution in [3.05, 3.63) is 76.3 Å². The fourth-order valence-electron chi connectivity index (χ4n) is 2.89. The second-order valence-corrected chi connectivity index (χ2v) is 5.94. The molecular formula is C20H15N5O2. The maximum atomic E-state index is 12.5. The Hall–Kier alpha value is -3.92. The van der Waals surface area contributed by atoms with E-state index in [0.717, 1.165) is 11.1 Å². The van der Waals surface area contributed by atoms with Crippen LogP contribution in [0, 0.1) is 11.3 Å². The van der Waals surface area contributed by atoms with Gasteiger partial charge >= 0.3 is 5.69 Å². The van der Waals surface area contributed by atoms with Crippen molar-refractivity contribution in [2.75, 3.05) is 7.11 Å². The van der Waals surface area contributed by atoms with Crippen molar-refractivity contribution >= 4 is 11.2 Å². The number of H-pyrrole nitrogens is 1. The number of imidazole rings is 1. The average molecular weight is 357 g/mol. The summed E-state index contributed by atoms with van der Waals surface area (Å²) in [5, 5.41) is 9.49. The van der Waals surface area contributed by atoms with Gasteiger partial charge in [0.1, 0.15) is 17.3 Å². The minimum Gasteiger partial charge on any atom is -0.497 e. The molecule has 2 aromatic heterocycles. The number of ether oxygens (including phenoxy) is 1. The molecule has 0 unspecified atom stereocenters. The number of methoxy groups -OCH3 is 1. The summed E-state index contributed by atoms with van der Waals surface area (Å²) in [7, 11) is 1.59. The second-order valence-electron chi connectivity index (χ2n) is 5.94. The number of hydrogen-bond donors (Lipinski definition) is 1. The first-order chi connectivity index (χ1) is 13.2. The Morgan fingerprint density at radius 2 is 1.85 bits per heavy atom. The summed E-state index contributed by atoms with van der Waals surface area (Å²) in [5.41, 5.74) is 2.25. The van der Waals surface area contributed by atoms with E-state index in [1.807, 2.05) is 48.5 Å². The molecule has 0 saturated heterocycles. The molecule has 0 aliphatic carbocycles. The number of benzene rings is 2. The van der Waals surface area contributed by atoms with E-state index in [9.17, 15) is 10.1 Å². The van der Waals surface area contributed by atoms with Gasteiger partial charge in [0.2, 0.25) is 0 Å². The number of aromatic nitrogens is 4. The lowest BCUT2D eigenvalue weighted by Crippen LogP contribution is -2.17. The summed E-state index contributed by atoms with van der Waals surface area (Å²) in [4.78, 5) is 24.0. The van der Waals surface area contributed by atoms with Crippen molar-refractivity contribution < 1.29 is 4.74 Å². The number of hydrogen-bond acceptors (Lipinski definition) is 5. The Morgan fingerprint density at radius 1 is 1.11 bits per heavy atom. The van der Waals surface area contributed by atoms with Gasteiger partial charge < -0.3 is 9.72 Å². The lowest BCUT2D eigenvalue weighted by atomic mass is 10.2. The molecule has 2 aromatic carbocycles. The number of nitrogens with one attached hydrogen (secondary N) is 1. The molecule has 132 valence electrons. The lowest BCUT2D eigenvalue weighted by Gasteiger charge is -2.06. The normalized spacial score (nSPS) is 10.7. The molecule has 0 bridgehead atoms. The van der Waals surface area contributed by atoms with E-state index in [4.69, 9.17) is 4.74 Å². The van der Waals surface area contributed by atoms with Crippen LogP contribution in [-0.4, -0.2) is 26.6 Å². The van der Waals surface area contributed by atoms with Gasteiger partial charge in [0, 0.05) is 5.56 Å². The predicted octanol–water partition coefficient (Wildman–Crippen LogP) is 2.72. The molecule has 0 atom stereocenters. The Balaban J connectivity index is 1.88. The topological polar surface area (TPSA) is 96.6 Å². The maximum absolute atomic E-state index is 12.5. The van der Waals surface area contributed by atoms with Crippen LogP contribution in [0.25, 0.3) is 22.6 Å². The Labute approximate surface area is 154 Å². The zero-order chi connectivity index (χ0) is 18.8. The molecule has 0 aliphatic heterocycles. The van der Waals surface area contributed by atoms with Crippen LogP contribution in [0.4, 0.5) is 0 Å². The molecule has 2 heterocycles. The molecule has 7 heteroatoms. The van der Waals surface area contributed by atoms with Gasteiger partial charge in [-0.3, -0.25) is 4.57 Å². The average Bonchev–Trinajstić information content (AvgIpc) is 3.03. The number of fused-ring (bicyclic) bond motifs is 1. The van der Waals surface area contributed by atoms with Gasteiger partial charge in [-0.05, 0) is 29.8 Å². The first-order valence-corrected chi connectivity index (χ1v) is 8.28. The third-order valence-corrected chi connectivity index (χ3v) is 4.26. The van der Waals surface area contributed by atoms with Crippen LogP contribution in [0.1, 0.15) is 11.3 Å². The van der Waals surface area contributed by atoms with Crippen molar-refractivity contribution in [3.8, 4) is 23.2 Å². The first-order valence-electron chi connectivity index (χ1n) is 8.28. The van der Waals surface area contributed by atoms with Crippen molar-refractivity contribution in [2.45, 2.75) is 6.54 Å². The Morgan fingerprint density at radius 3 is 2.52 bits per heavy atom. The standard InChI is InChI=1S/C20H15N5O2/c1-27-15-9-7-14(8-10-15)18-22-16(11-21)17-19(24-18)25(20(26)23-17)12-13-5-3-2-4-6-13/h2-10H,12H2,1H3,(H,23,26). The van der Waals surface area contributed by atoms with Crippen molar-refractivity contribution in [2.24, 2.45) is 0 Å². The zero-order valence-corrected chi connectivity index (χ0v) is 14.5. The van der Waals surface area contributed by atoms with Gasteiger partial charge in [-0.2, -0.15) is 5.26 Å². The van der Waals surface area contributed by atoms with Gasteiger partial charge in [-0.25, -0.2) is 14.8 Å². The molecule has 4 rings (SSSR count). The Kier molecular flexibility index (Phi) is 4.15. The van der Waals surface area contributed by atoms with Crippen LogP contribution in [0.15, 0.2) is 59.4 Å². The smallest absolute Gasteiger partial charge is 0.328 e. The molecule has 0 aliphatic rings. The molecule has 27 heavy (non-hydrogen) atoms. The van der Waals surface area contributed by atoms with Crippen LogP contribution >= 0.6 is 0 Å². The molecule has 0 spiro atoms. The van der Waals surface area contributed by atoms with Crippen molar-refractivity contribution in [1.82, 2.24) is 19.5 Å². The van der Waals surface area contributed by atoms with E-state index in [-0.39, 0.29) is 11.4 Å². The van der Waals surface area contributed by atoms with Crippen molar-refractivity contribution in [3.63, 3.8) is 0 Å². The summed E-state index contributed by atoms with van der Waals surface area (Å²) in [6.45, 7) is 0.351. The van der Waals surface area contributed by atoms with E-state index in [0.29, 0.717) is 29.3 Å². The summed E-state index contributed by atoms with van der Waals surface area (Å²) in [6, 6.07) is 18.9. The molecule has 0 saturated carbocycles. The highest BCUT2D eigenvalue weighted by Crippen LogP contribution is 2.22. The minimum atomic E-state index is -0.327. The highest BCUT2D eigenvalue weighted by Gasteiger charge is 2.16. The minimum absolute atomic E-state index is 0.134. The van der Waals surface area contributed by atoms with Crippen LogP contribution < -0.4 is 10.4 Å². The third kappa shape index (κ3) is 3.04. The summed E-state index contributed by atoms with van der Waals surface area (Å²) >= 11 is 0. The molecule has 0 radical (unpaired) electrons. The van der Waals surface area contributed by atoms with Gasteiger partial charge in [0.25, 0.3) is 0 Å². The number of nitrogens with zero attached hydrogens (tertiary/aromatic N) is 4. The van der Waals surface area contributed by atoms with E-state index in [2.05, 4.69) is 15.0 Å². The van der Waals surface area contributed by atoms with Crippen LogP contribution in [0.5, 0.6) is 5.75 Å². The van der Waals surface area contributed by atoms with Crippen LogP contribution in [0.3, 0.4) is 0 Å². The summed E-state index contributed by atoms with van der Waals surface area (Å²) in [5.74, 6) is 1.09. The molecule has 0 fully saturated rings. The highest BCUT2D eigenvalue weighted by atomic mass is 16.5. The lowest BCUT2D eigenvalue weighted by molar-refractivity contribution is 0.415. The molecule has 1 N–H and O–H groups in total. The predicted molar refractivity (Wildman–Crippen MR) is 100 cm³/mol.